The Balaban J connectivity index is 1.79. The van der Waals surface area contributed by atoms with Gasteiger partial charge >= 0.3 is 0 Å². The molecule has 0 aliphatic carbocycles. The van der Waals surface area contributed by atoms with Gasteiger partial charge in [0.25, 0.3) is 0 Å². The van der Waals surface area contributed by atoms with Crippen LogP contribution in [0.5, 0.6) is 0 Å². The van der Waals surface area contributed by atoms with Crippen molar-refractivity contribution in [2.24, 2.45) is 0 Å². The van der Waals surface area contributed by atoms with Crippen LogP contribution in [0, 0.1) is 0 Å². The summed E-state index contributed by atoms with van der Waals surface area (Å²) in [6, 6.07) is 24.1. The molecule has 0 spiro atoms. The van der Waals surface area contributed by atoms with Crippen molar-refractivity contribution in [1.29, 1.82) is 0 Å². The highest BCUT2D eigenvalue weighted by molar-refractivity contribution is 9.10. The minimum Gasteiger partial charge on any atom is -0.204 e. The third-order valence-corrected chi connectivity index (χ3v) is 6.15. The normalized spacial score (nSPS) is 11.7. The fourth-order valence-corrected chi connectivity index (χ4v) is 4.23. The number of nitrogens with zero attached hydrogens (tertiary/aromatic N) is 6. The fraction of sp³-hybridized carbons (Fsp3) is 0. The molecule has 6 rings (SSSR count). The number of hydrogen-bond donors (Lipinski definition) is 0. The molecule has 0 unspecified atom stereocenters. The topological polar surface area (TPSA) is 60.4 Å². The summed E-state index contributed by atoms with van der Waals surface area (Å²) in [5.41, 5.74) is 3.43. The van der Waals surface area contributed by atoms with E-state index in [0.717, 1.165) is 53.8 Å². The van der Waals surface area contributed by atoms with Crippen molar-refractivity contribution in [3.05, 3.63) is 81.7 Å². The molecular formula is C22H12Br2N6. The van der Waals surface area contributed by atoms with Gasteiger partial charge in [-0.1, -0.05) is 80.4 Å². The van der Waals surface area contributed by atoms with E-state index in [0.29, 0.717) is 0 Å². The highest BCUT2D eigenvalue weighted by atomic mass is 79.9. The van der Waals surface area contributed by atoms with Crippen LogP contribution >= 0.6 is 31.9 Å². The van der Waals surface area contributed by atoms with Crippen LogP contribution in [-0.2, 0) is 0 Å². The Morgan fingerprint density at radius 1 is 0.500 bits per heavy atom. The molecule has 0 amide bonds. The first kappa shape index (κ1) is 17.7. The molecule has 0 saturated heterocycles. The second kappa shape index (κ2) is 6.72. The Morgan fingerprint density at radius 2 is 0.900 bits per heavy atom. The molecule has 0 N–H and O–H groups in total. The summed E-state index contributed by atoms with van der Waals surface area (Å²) >= 11 is 7.00. The van der Waals surface area contributed by atoms with Gasteiger partial charge in [0.05, 0.1) is 0 Å². The monoisotopic (exact) mass is 518 g/mol. The molecule has 30 heavy (non-hydrogen) atoms. The molecule has 8 heteroatoms. The molecule has 144 valence electrons. The van der Waals surface area contributed by atoms with Gasteiger partial charge in [-0.25, -0.2) is 9.03 Å². The van der Waals surface area contributed by atoms with E-state index in [1.807, 2.05) is 81.8 Å². The molecule has 0 bridgehead atoms. The van der Waals surface area contributed by atoms with E-state index in [9.17, 15) is 0 Å². The first-order valence-corrected chi connectivity index (χ1v) is 10.8. The lowest BCUT2D eigenvalue weighted by Crippen LogP contribution is -2.05. The summed E-state index contributed by atoms with van der Waals surface area (Å²) in [5, 5.41) is 20.1. The minimum atomic E-state index is 0.728. The predicted octanol–water partition coefficient (Wildman–Crippen LogP) is 5.78. The van der Waals surface area contributed by atoms with Crippen LogP contribution in [-0.4, -0.2) is 29.4 Å². The van der Waals surface area contributed by atoms with Crippen molar-refractivity contribution in [1.82, 2.24) is 29.4 Å². The summed E-state index contributed by atoms with van der Waals surface area (Å²) in [6.07, 6.45) is 0. The lowest BCUT2D eigenvalue weighted by Gasteiger charge is -2.09. The van der Waals surface area contributed by atoms with Gasteiger partial charge in [0.2, 0.25) is 0 Å². The standard InChI is InChI=1S/C22H12Br2N6/c23-15-9-5-13(6-10-15)19-25-27-21-17-3-1-2-4-18(17)22-28-26-20(30(22)29(19)21)14-7-11-16(24)12-8-14/h1-12H. The number of hydrogen-bond acceptors (Lipinski definition) is 4. The Labute approximate surface area is 187 Å². The molecule has 0 radical (unpaired) electrons. The van der Waals surface area contributed by atoms with Crippen molar-refractivity contribution >= 4 is 53.9 Å². The average molecular weight is 520 g/mol. The summed E-state index contributed by atoms with van der Waals surface area (Å²) in [5.74, 6) is 1.46. The molecule has 3 aromatic heterocycles. The molecule has 0 aliphatic rings. The predicted molar refractivity (Wildman–Crippen MR) is 123 cm³/mol. The zero-order chi connectivity index (χ0) is 20.2. The highest BCUT2D eigenvalue weighted by Crippen LogP contribution is 2.30. The van der Waals surface area contributed by atoms with Crippen molar-refractivity contribution in [3.8, 4) is 22.8 Å². The molecular weight excluding hydrogens is 508 g/mol. The summed E-state index contributed by atoms with van der Waals surface area (Å²) in [7, 11) is 0. The van der Waals surface area contributed by atoms with Crippen LogP contribution in [0.4, 0.5) is 0 Å². The van der Waals surface area contributed by atoms with E-state index >= 15 is 0 Å². The zero-order valence-electron chi connectivity index (χ0n) is 15.4. The maximum Gasteiger partial charge on any atom is 0.184 e. The van der Waals surface area contributed by atoms with E-state index in [1.54, 1.807) is 0 Å². The molecule has 6 aromatic rings. The van der Waals surface area contributed by atoms with Gasteiger partial charge < -0.3 is 0 Å². The molecule has 0 aliphatic heterocycles. The van der Waals surface area contributed by atoms with Crippen molar-refractivity contribution in [2.75, 3.05) is 0 Å². The zero-order valence-corrected chi connectivity index (χ0v) is 18.5. The summed E-state index contributed by atoms with van der Waals surface area (Å²) in [6.45, 7) is 0. The Morgan fingerprint density at radius 3 is 1.30 bits per heavy atom. The minimum absolute atomic E-state index is 0.728. The van der Waals surface area contributed by atoms with Gasteiger partial charge in [-0.15, -0.1) is 20.4 Å². The van der Waals surface area contributed by atoms with Crippen LogP contribution in [0.3, 0.4) is 0 Å². The number of benzene rings is 3. The molecule has 0 atom stereocenters. The van der Waals surface area contributed by atoms with Gasteiger partial charge in [-0.2, -0.15) is 0 Å². The molecule has 6 nitrogen and oxygen atoms in total. The molecule has 0 saturated carbocycles. The van der Waals surface area contributed by atoms with E-state index < -0.39 is 0 Å². The first-order chi connectivity index (χ1) is 14.7. The van der Waals surface area contributed by atoms with Crippen LogP contribution in [0.15, 0.2) is 81.7 Å². The van der Waals surface area contributed by atoms with Crippen LogP contribution in [0.25, 0.3) is 44.8 Å². The number of fused-ring (bicyclic) bond motifs is 6. The van der Waals surface area contributed by atoms with E-state index in [1.165, 1.54) is 0 Å². The van der Waals surface area contributed by atoms with Crippen LogP contribution < -0.4 is 0 Å². The Kier molecular flexibility index (Phi) is 3.97. The Bertz CT molecular complexity index is 1430. The second-order valence-electron chi connectivity index (χ2n) is 6.88. The highest BCUT2D eigenvalue weighted by Gasteiger charge is 2.20. The lowest BCUT2D eigenvalue weighted by atomic mass is 10.1. The fourth-order valence-electron chi connectivity index (χ4n) is 3.71. The van der Waals surface area contributed by atoms with Gasteiger partial charge in [-0.05, 0) is 24.3 Å². The maximum atomic E-state index is 4.54. The van der Waals surface area contributed by atoms with Crippen molar-refractivity contribution < 1.29 is 0 Å². The van der Waals surface area contributed by atoms with Gasteiger partial charge in [-0.3, -0.25) is 0 Å². The smallest absolute Gasteiger partial charge is 0.184 e. The van der Waals surface area contributed by atoms with Gasteiger partial charge in [0, 0.05) is 30.8 Å². The van der Waals surface area contributed by atoms with E-state index in [2.05, 4.69) is 52.3 Å². The van der Waals surface area contributed by atoms with E-state index in [4.69, 9.17) is 0 Å². The summed E-state index contributed by atoms with van der Waals surface area (Å²) < 4.78 is 6.02. The third-order valence-electron chi connectivity index (χ3n) is 5.10. The number of halogens is 2. The maximum absolute atomic E-state index is 4.54. The molecule has 3 aromatic carbocycles. The van der Waals surface area contributed by atoms with E-state index in [-0.39, 0.29) is 0 Å². The lowest BCUT2D eigenvalue weighted by molar-refractivity contribution is 0.864. The van der Waals surface area contributed by atoms with Crippen LogP contribution in [0.2, 0.25) is 0 Å². The van der Waals surface area contributed by atoms with Crippen LogP contribution in [0.1, 0.15) is 0 Å². The van der Waals surface area contributed by atoms with Gasteiger partial charge in [0.1, 0.15) is 0 Å². The largest absolute Gasteiger partial charge is 0.204 e. The molecule has 3 heterocycles. The van der Waals surface area contributed by atoms with Gasteiger partial charge in [0.15, 0.2) is 22.9 Å². The number of aromatic nitrogens is 6. The molecule has 0 fully saturated rings. The number of rotatable bonds is 2. The first-order valence-electron chi connectivity index (χ1n) is 9.24. The van der Waals surface area contributed by atoms with Crippen molar-refractivity contribution in [3.63, 3.8) is 0 Å². The quantitative estimate of drug-likeness (QED) is 0.291. The SMILES string of the molecule is Brc1ccc(-c2nnc3c4ccccc4c4nnc(-c5ccc(Br)cc5)n4n23)cc1. The average Bonchev–Trinajstić information content (AvgIpc) is 3.40. The second-order valence-corrected chi connectivity index (χ2v) is 8.71. The summed E-state index contributed by atoms with van der Waals surface area (Å²) in [4.78, 5) is 0. The Hall–Kier alpha value is -3.10. The third kappa shape index (κ3) is 2.60. The van der Waals surface area contributed by atoms with Crippen molar-refractivity contribution in [2.45, 2.75) is 0 Å².